The molecule has 0 aliphatic carbocycles. The van der Waals surface area contributed by atoms with Gasteiger partial charge in [-0.25, -0.2) is 13.2 Å². The van der Waals surface area contributed by atoms with Crippen LogP contribution in [-0.2, 0) is 10.0 Å². The molecule has 1 aromatic carbocycles. The van der Waals surface area contributed by atoms with Crippen LogP contribution in [0.15, 0.2) is 32.9 Å². The van der Waals surface area contributed by atoms with E-state index in [-0.39, 0.29) is 19.3 Å². The first kappa shape index (κ1) is 15.8. The highest BCUT2D eigenvalue weighted by molar-refractivity contribution is 9.11. The van der Waals surface area contributed by atoms with E-state index in [1.807, 2.05) is 0 Å². The maximum atomic E-state index is 12.3. The van der Waals surface area contributed by atoms with Crippen molar-refractivity contribution in [3.05, 3.63) is 38.5 Å². The minimum Gasteiger partial charge on any atom is -0.508 e. The number of aromatic hydroxyl groups is 1. The second-order valence-corrected chi connectivity index (χ2v) is 8.18. The zero-order chi connectivity index (χ0) is 15.8. The number of rotatable bonds is 4. The molecule has 112 valence electrons. The Hall–Kier alpha value is -1.58. The first-order valence-corrected chi connectivity index (χ1v) is 8.65. The molecule has 0 fully saturated rings. The van der Waals surface area contributed by atoms with Gasteiger partial charge in [-0.3, -0.25) is 4.72 Å². The summed E-state index contributed by atoms with van der Waals surface area (Å²) in [5.41, 5.74) is 0.853. The van der Waals surface area contributed by atoms with Gasteiger partial charge in [-0.15, -0.1) is 11.3 Å². The summed E-state index contributed by atoms with van der Waals surface area (Å²) in [6, 6.07) is 5.30. The summed E-state index contributed by atoms with van der Waals surface area (Å²) in [6.07, 6.45) is 0. The van der Waals surface area contributed by atoms with Crippen LogP contribution in [-0.4, -0.2) is 24.6 Å². The van der Waals surface area contributed by atoms with Crippen molar-refractivity contribution in [2.24, 2.45) is 0 Å². The molecule has 6 nitrogen and oxygen atoms in total. The Balaban J connectivity index is 2.41. The van der Waals surface area contributed by atoms with Gasteiger partial charge in [0.15, 0.2) is 0 Å². The molecule has 0 atom stereocenters. The van der Waals surface area contributed by atoms with Crippen molar-refractivity contribution in [2.75, 3.05) is 4.72 Å². The van der Waals surface area contributed by atoms with E-state index in [2.05, 4.69) is 20.7 Å². The number of nitrogens with one attached hydrogen (secondary N) is 1. The van der Waals surface area contributed by atoms with Gasteiger partial charge < -0.3 is 10.2 Å². The van der Waals surface area contributed by atoms with E-state index in [0.29, 0.717) is 11.3 Å². The summed E-state index contributed by atoms with van der Waals surface area (Å²) in [7, 11) is -3.92. The molecule has 0 amide bonds. The summed E-state index contributed by atoms with van der Waals surface area (Å²) >= 11 is 3.89. The zero-order valence-corrected chi connectivity index (χ0v) is 13.8. The molecule has 1 heterocycles. The average Bonchev–Trinajstić information content (AvgIpc) is 2.76. The summed E-state index contributed by atoms with van der Waals surface area (Å²) in [5.74, 6) is -1.16. The van der Waals surface area contributed by atoms with Gasteiger partial charge in [0.05, 0.1) is 9.47 Å². The number of anilines is 1. The topological polar surface area (TPSA) is 104 Å². The molecule has 21 heavy (non-hydrogen) atoms. The minimum atomic E-state index is -3.92. The summed E-state index contributed by atoms with van der Waals surface area (Å²) in [4.78, 5) is 10.7. The van der Waals surface area contributed by atoms with E-state index in [0.717, 1.165) is 17.4 Å². The monoisotopic (exact) mass is 391 g/mol. The maximum Gasteiger partial charge on any atom is 0.345 e. The molecular weight excluding hydrogens is 382 g/mol. The van der Waals surface area contributed by atoms with Crippen LogP contribution >= 0.6 is 27.3 Å². The van der Waals surface area contributed by atoms with Gasteiger partial charge in [0.25, 0.3) is 10.0 Å². The van der Waals surface area contributed by atoms with Crippen LogP contribution in [0.2, 0.25) is 0 Å². The van der Waals surface area contributed by atoms with Crippen molar-refractivity contribution in [3.8, 4) is 5.75 Å². The van der Waals surface area contributed by atoms with Crippen molar-refractivity contribution in [2.45, 2.75) is 11.8 Å². The first-order chi connectivity index (χ1) is 9.70. The molecule has 0 unspecified atom stereocenters. The number of benzene rings is 1. The number of halogens is 1. The number of aromatic carboxylic acids is 1. The van der Waals surface area contributed by atoms with Crippen LogP contribution in [0.4, 0.5) is 5.69 Å². The Kier molecular flexibility index (Phi) is 4.26. The number of aryl methyl sites for hydroxylation is 1. The number of sulfonamides is 1. The van der Waals surface area contributed by atoms with Gasteiger partial charge in [0.2, 0.25) is 0 Å². The molecule has 0 radical (unpaired) electrons. The molecule has 0 aliphatic heterocycles. The molecule has 0 bridgehead atoms. The van der Waals surface area contributed by atoms with E-state index < -0.39 is 16.0 Å². The lowest BCUT2D eigenvalue weighted by atomic mass is 10.2. The molecule has 2 aromatic rings. The smallest absolute Gasteiger partial charge is 0.345 e. The number of hydrogen-bond donors (Lipinski definition) is 3. The Labute approximate surface area is 133 Å². The van der Waals surface area contributed by atoms with Gasteiger partial charge in [-0.2, -0.15) is 0 Å². The summed E-state index contributed by atoms with van der Waals surface area (Å²) in [5, 5.41) is 18.2. The van der Waals surface area contributed by atoms with E-state index in [1.165, 1.54) is 18.2 Å². The second-order valence-electron chi connectivity index (χ2n) is 4.16. The van der Waals surface area contributed by atoms with E-state index in [1.54, 1.807) is 6.92 Å². The van der Waals surface area contributed by atoms with Gasteiger partial charge in [-0.05, 0) is 52.7 Å². The van der Waals surface area contributed by atoms with E-state index in [4.69, 9.17) is 5.11 Å². The molecule has 0 saturated heterocycles. The number of carboxylic acid groups (broad SMARTS) is 1. The largest absolute Gasteiger partial charge is 0.508 e. The molecule has 0 aliphatic rings. The fraction of sp³-hybridized carbons (Fsp3) is 0.0833. The molecule has 0 saturated carbocycles. The average molecular weight is 392 g/mol. The number of hydrogen-bond acceptors (Lipinski definition) is 5. The third kappa shape index (κ3) is 3.36. The second kappa shape index (κ2) is 5.66. The highest BCUT2D eigenvalue weighted by Gasteiger charge is 2.23. The van der Waals surface area contributed by atoms with Gasteiger partial charge in [0, 0.05) is 0 Å². The number of carboxylic acids is 1. The van der Waals surface area contributed by atoms with Crippen molar-refractivity contribution >= 4 is 48.9 Å². The molecule has 3 N–H and O–H groups in total. The summed E-state index contributed by atoms with van der Waals surface area (Å²) < 4.78 is 27.2. The third-order valence-electron chi connectivity index (χ3n) is 2.61. The Morgan fingerprint density at radius 1 is 1.33 bits per heavy atom. The van der Waals surface area contributed by atoms with Gasteiger partial charge >= 0.3 is 5.97 Å². The lowest BCUT2D eigenvalue weighted by Crippen LogP contribution is -2.13. The number of phenolic OH excluding ortho intramolecular Hbond substituents is 1. The van der Waals surface area contributed by atoms with Crippen LogP contribution in [0.5, 0.6) is 5.75 Å². The Bertz CT molecular complexity index is 813. The Morgan fingerprint density at radius 2 is 2.00 bits per heavy atom. The molecule has 9 heteroatoms. The lowest BCUT2D eigenvalue weighted by Gasteiger charge is -2.10. The highest BCUT2D eigenvalue weighted by Crippen LogP contribution is 2.33. The zero-order valence-electron chi connectivity index (χ0n) is 10.6. The standard InChI is InChI=1S/C12H10BrNO5S2/c1-6-4-7(15)2-3-8(6)14-21(18,19)10-5-9(12(16)17)20-11(10)13/h2-5,14-15H,1H3,(H,16,17). The predicted octanol–water partition coefficient (Wildman–Crippen LogP) is 3.02. The van der Waals surface area contributed by atoms with Crippen LogP contribution in [0.25, 0.3) is 0 Å². The quantitative estimate of drug-likeness (QED) is 0.694. The molecular formula is C12H10BrNO5S2. The van der Waals surface area contributed by atoms with Crippen molar-refractivity contribution < 1.29 is 23.4 Å². The SMILES string of the molecule is Cc1cc(O)ccc1NS(=O)(=O)c1cc(C(=O)O)sc1Br. The normalized spacial score (nSPS) is 11.3. The molecule has 2 rings (SSSR count). The fourth-order valence-electron chi connectivity index (χ4n) is 1.60. The maximum absolute atomic E-state index is 12.3. The minimum absolute atomic E-state index is 0.0281. The number of thiophene rings is 1. The lowest BCUT2D eigenvalue weighted by molar-refractivity contribution is 0.0702. The summed E-state index contributed by atoms with van der Waals surface area (Å²) in [6.45, 7) is 1.64. The number of phenols is 1. The van der Waals surface area contributed by atoms with Gasteiger partial charge in [-0.1, -0.05) is 0 Å². The predicted molar refractivity (Wildman–Crippen MR) is 82.6 cm³/mol. The van der Waals surface area contributed by atoms with E-state index in [9.17, 15) is 18.3 Å². The van der Waals surface area contributed by atoms with Crippen LogP contribution in [0.1, 0.15) is 15.2 Å². The highest BCUT2D eigenvalue weighted by atomic mass is 79.9. The van der Waals surface area contributed by atoms with Crippen LogP contribution in [0, 0.1) is 6.92 Å². The van der Waals surface area contributed by atoms with Crippen molar-refractivity contribution in [1.29, 1.82) is 0 Å². The first-order valence-electron chi connectivity index (χ1n) is 5.56. The van der Waals surface area contributed by atoms with Gasteiger partial charge in [0.1, 0.15) is 15.5 Å². The third-order valence-corrected chi connectivity index (χ3v) is 6.22. The molecule has 0 spiro atoms. The van der Waals surface area contributed by atoms with Crippen molar-refractivity contribution in [3.63, 3.8) is 0 Å². The Morgan fingerprint density at radius 3 is 2.52 bits per heavy atom. The van der Waals surface area contributed by atoms with E-state index >= 15 is 0 Å². The number of carbonyl (C=O) groups is 1. The fourth-order valence-corrected chi connectivity index (χ4v) is 5.14. The molecule has 1 aromatic heterocycles. The van der Waals surface area contributed by atoms with Crippen LogP contribution < -0.4 is 4.72 Å². The van der Waals surface area contributed by atoms with Crippen molar-refractivity contribution in [1.82, 2.24) is 0 Å². The van der Waals surface area contributed by atoms with Crippen LogP contribution in [0.3, 0.4) is 0 Å².